The zero-order valence-electron chi connectivity index (χ0n) is 18.2. The molecule has 27 heavy (non-hydrogen) atoms. The number of hydrogen-bond donors (Lipinski definition) is 1. The minimum Gasteiger partial charge on any atom is -0.344 e. The Morgan fingerprint density at radius 1 is 0.593 bits per heavy atom. The molecule has 0 spiro atoms. The smallest absolute Gasteiger partial charge is 0.344 e. The summed E-state index contributed by atoms with van der Waals surface area (Å²) in [7, 11) is -0.962. The Bertz CT molecular complexity index is 323. The van der Waals surface area contributed by atoms with E-state index in [-0.39, 0.29) is 6.15 Å². The molecule has 0 aromatic rings. The van der Waals surface area contributed by atoms with Crippen LogP contribution >= 0.6 is 7.82 Å². The quantitative estimate of drug-likeness (QED) is 0.0898. The monoisotopic (exact) mass is 411 g/mol. The first kappa shape index (κ1) is 29.2. The summed E-state index contributed by atoms with van der Waals surface area (Å²) in [6.07, 6.45) is 21.3. The molecule has 0 unspecified atom stereocenters. The van der Waals surface area contributed by atoms with Gasteiger partial charge < -0.3 is 6.15 Å². The molecule has 0 aliphatic carbocycles. The predicted molar refractivity (Wildman–Crippen MR) is 113 cm³/mol. The Morgan fingerprint density at radius 3 is 1.26 bits per heavy atom. The Hall–Kier alpha value is 0.0300. The topological polar surface area (TPSA) is 89.0 Å². The van der Waals surface area contributed by atoms with E-state index in [4.69, 9.17) is 4.89 Å². The van der Waals surface area contributed by atoms with E-state index in [1.165, 1.54) is 104 Å². The second kappa shape index (κ2) is 22.3. The molecule has 0 rings (SSSR count). The van der Waals surface area contributed by atoms with Gasteiger partial charge in [0.1, 0.15) is 0 Å². The Kier molecular flexibility index (Phi) is 24.2. The fraction of sp³-hybridized carbons (Fsp3) is 1.00. The van der Waals surface area contributed by atoms with Crippen LogP contribution in [0.3, 0.4) is 0 Å². The summed E-state index contributed by atoms with van der Waals surface area (Å²) in [5, 5.41) is 0. The molecule has 0 fully saturated rings. The number of rotatable bonds is 21. The lowest BCUT2D eigenvalue weighted by Gasteiger charge is -2.11. The lowest BCUT2D eigenvalue weighted by molar-refractivity contribution is -0.225. The van der Waals surface area contributed by atoms with Crippen molar-refractivity contribution in [2.45, 2.75) is 110 Å². The minimum absolute atomic E-state index is 0. The van der Waals surface area contributed by atoms with Gasteiger partial charge in [0, 0.05) is 14.2 Å². The van der Waals surface area contributed by atoms with Crippen molar-refractivity contribution in [3.05, 3.63) is 0 Å². The van der Waals surface area contributed by atoms with Crippen LogP contribution in [0.15, 0.2) is 0 Å². The largest absolute Gasteiger partial charge is 0.501 e. The van der Waals surface area contributed by atoms with Crippen LogP contribution in [0.2, 0.25) is 0 Å². The van der Waals surface area contributed by atoms with E-state index in [2.05, 4.69) is 20.6 Å². The summed E-state index contributed by atoms with van der Waals surface area (Å²) in [5.41, 5.74) is 0. The zero-order valence-corrected chi connectivity index (χ0v) is 19.1. The van der Waals surface area contributed by atoms with E-state index in [0.29, 0.717) is 6.61 Å². The minimum atomic E-state index is -3.49. The first-order valence-electron chi connectivity index (χ1n) is 10.7. The van der Waals surface area contributed by atoms with Crippen LogP contribution < -0.4 is 6.15 Å². The van der Waals surface area contributed by atoms with E-state index >= 15 is 0 Å². The third-order valence-corrected chi connectivity index (χ3v) is 5.85. The van der Waals surface area contributed by atoms with Gasteiger partial charge in [-0.15, -0.1) is 4.67 Å². The molecule has 0 aliphatic heterocycles. The summed E-state index contributed by atoms with van der Waals surface area (Å²) in [6, 6.07) is 0. The van der Waals surface area contributed by atoms with Crippen molar-refractivity contribution in [2.75, 3.05) is 20.8 Å². The maximum atomic E-state index is 11.5. The second-order valence-electron chi connectivity index (χ2n) is 7.01. The molecule has 7 heteroatoms. The van der Waals surface area contributed by atoms with Crippen LogP contribution in [0.4, 0.5) is 0 Å². The summed E-state index contributed by atoms with van der Waals surface area (Å²) in [5.74, 6) is 0. The van der Waals surface area contributed by atoms with E-state index < -0.39 is 7.82 Å². The maximum Gasteiger partial charge on any atom is 0.501 e. The summed E-state index contributed by atoms with van der Waals surface area (Å²) >= 11 is 0. The number of unbranched alkanes of at least 4 members (excludes halogenated alkanes) is 15. The Morgan fingerprint density at radius 2 is 0.926 bits per heavy atom. The predicted octanol–water partition coefficient (Wildman–Crippen LogP) is 7.76. The second-order valence-corrected chi connectivity index (χ2v) is 8.79. The average Bonchev–Trinajstić information content (AvgIpc) is 2.66. The molecule has 0 aliphatic rings. The summed E-state index contributed by atoms with van der Waals surface area (Å²) < 4.78 is 25.4. The molecule has 0 radical (unpaired) electrons. The average molecular weight is 412 g/mol. The highest BCUT2D eigenvalue weighted by Gasteiger charge is 2.23. The molecule has 0 bridgehead atoms. The molecular weight excluding hydrogens is 365 g/mol. The molecule has 166 valence electrons. The lowest BCUT2D eigenvalue weighted by Crippen LogP contribution is -1.98. The molecule has 3 N–H and O–H groups in total. The molecule has 0 aromatic carbocycles. The van der Waals surface area contributed by atoms with Crippen molar-refractivity contribution in [3.63, 3.8) is 0 Å². The third kappa shape index (κ3) is 20.6. The Balaban J connectivity index is 0. The van der Waals surface area contributed by atoms with Crippen LogP contribution in [0.5, 0.6) is 0 Å². The van der Waals surface area contributed by atoms with Crippen molar-refractivity contribution in [1.82, 2.24) is 6.15 Å². The lowest BCUT2D eigenvalue weighted by atomic mass is 10.0. The van der Waals surface area contributed by atoms with E-state index in [9.17, 15) is 4.57 Å². The first-order chi connectivity index (χ1) is 12.7. The van der Waals surface area contributed by atoms with Gasteiger partial charge >= 0.3 is 7.82 Å². The van der Waals surface area contributed by atoms with Crippen LogP contribution in [-0.2, 0) is 23.2 Å². The molecule has 0 aromatic heterocycles. The van der Waals surface area contributed by atoms with E-state index in [1.54, 1.807) is 0 Å². The van der Waals surface area contributed by atoms with Crippen molar-refractivity contribution >= 4 is 7.82 Å². The van der Waals surface area contributed by atoms with Gasteiger partial charge in [0.05, 0.1) is 6.61 Å². The van der Waals surface area contributed by atoms with E-state index in [1.807, 2.05) is 0 Å². The van der Waals surface area contributed by atoms with Crippen molar-refractivity contribution in [2.24, 2.45) is 0 Å². The highest BCUT2D eigenvalue weighted by atomic mass is 31.2. The van der Waals surface area contributed by atoms with Crippen LogP contribution in [0.25, 0.3) is 0 Å². The molecular formula is C20H46NO5P. The molecule has 6 nitrogen and oxygen atoms in total. The number of hydrogen-bond acceptors (Lipinski definition) is 6. The van der Waals surface area contributed by atoms with Crippen molar-refractivity contribution < 1.29 is 23.2 Å². The van der Waals surface area contributed by atoms with Crippen LogP contribution in [0, 0.1) is 0 Å². The third-order valence-electron chi connectivity index (χ3n) is 4.67. The molecule has 0 heterocycles. The highest BCUT2D eigenvalue weighted by Crippen LogP contribution is 2.47. The van der Waals surface area contributed by atoms with Gasteiger partial charge in [-0.2, -0.15) is 0 Å². The van der Waals surface area contributed by atoms with E-state index in [0.717, 1.165) is 12.8 Å². The molecule has 0 saturated carbocycles. The van der Waals surface area contributed by atoms with Crippen LogP contribution in [-0.4, -0.2) is 20.8 Å². The first-order valence-corrected chi connectivity index (χ1v) is 12.2. The van der Waals surface area contributed by atoms with Gasteiger partial charge in [0.15, 0.2) is 0 Å². The summed E-state index contributed by atoms with van der Waals surface area (Å²) in [4.78, 5) is 4.89. The molecule has 0 saturated heterocycles. The zero-order chi connectivity index (χ0) is 19.3. The summed E-state index contributed by atoms with van der Waals surface area (Å²) in [6.45, 7) is 2.69. The highest BCUT2D eigenvalue weighted by molar-refractivity contribution is 7.48. The van der Waals surface area contributed by atoms with Crippen molar-refractivity contribution in [3.8, 4) is 0 Å². The fourth-order valence-corrected chi connectivity index (χ4v) is 3.42. The van der Waals surface area contributed by atoms with Gasteiger partial charge in [-0.1, -0.05) is 103 Å². The van der Waals surface area contributed by atoms with Gasteiger partial charge in [-0.05, 0) is 6.42 Å². The van der Waals surface area contributed by atoms with Gasteiger partial charge in [-0.25, -0.2) is 9.45 Å². The SMILES string of the molecule is CCCCCCCCCCCCCCCCCCOOP(=O)(OC)OC.N. The van der Waals surface area contributed by atoms with Crippen molar-refractivity contribution in [1.29, 1.82) is 0 Å². The maximum absolute atomic E-state index is 11.5. The molecule has 0 amide bonds. The Labute approximate surface area is 168 Å². The van der Waals surface area contributed by atoms with Gasteiger partial charge in [0.2, 0.25) is 0 Å². The number of phosphoric acid groups is 1. The standard InChI is InChI=1S/C20H43O5P.H3N/c1-4-5-6-7-8-9-10-11-12-13-14-15-16-17-18-19-20-24-25-26(21,22-2)23-3;/h4-20H2,1-3H3;1H3. The van der Waals surface area contributed by atoms with Gasteiger partial charge in [0.25, 0.3) is 0 Å². The normalized spacial score (nSPS) is 11.5. The fourth-order valence-electron chi connectivity index (χ4n) is 2.95. The van der Waals surface area contributed by atoms with Crippen LogP contribution in [0.1, 0.15) is 110 Å². The molecule has 0 atom stereocenters. The van der Waals surface area contributed by atoms with Gasteiger partial charge in [-0.3, -0.25) is 9.05 Å². The number of phosphoric ester groups is 1.